The number of piperazine rings is 1. The van der Waals surface area contributed by atoms with Crippen molar-refractivity contribution in [1.82, 2.24) is 9.80 Å². The number of amides is 1. The van der Waals surface area contributed by atoms with Crippen LogP contribution in [0, 0.1) is 6.92 Å². The van der Waals surface area contributed by atoms with Gasteiger partial charge in [0, 0.05) is 57.0 Å². The van der Waals surface area contributed by atoms with E-state index in [-0.39, 0.29) is 5.91 Å². The minimum absolute atomic E-state index is 0.137. The Morgan fingerprint density at radius 2 is 1.92 bits per heavy atom. The van der Waals surface area contributed by atoms with Crippen molar-refractivity contribution < 1.29 is 9.90 Å². The van der Waals surface area contributed by atoms with Gasteiger partial charge in [0.1, 0.15) is 0 Å². The minimum Gasteiger partial charge on any atom is -0.379 e. The summed E-state index contributed by atoms with van der Waals surface area (Å²) in [5.74, 6) is -0.137. The highest BCUT2D eigenvalue weighted by atomic mass is 35.5. The molecule has 0 spiro atoms. The number of hydrogen-bond donors (Lipinski definition) is 1. The van der Waals surface area contributed by atoms with Gasteiger partial charge in [-0.25, -0.2) is 0 Å². The Kier molecular flexibility index (Phi) is 5.04. The van der Waals surface area contributed by atoms with E-state index < -0.39 is 5.60 Å². The highest BCUT2D eigenvalue weighted by Crippen LogP contribution is 2.27. The Morgan fingerprint density at radius 3 is 2.62 bits per heavy atom. The number of piperidine rings is 1. The molecule has 5 nitrogen and oxygen atoms in total. The summed E-state index contributed by atoms with van der Waals surface area (Å²) in [7, 11) is 1.77. The molecule has 0 saturated carbocycles. The zero-order chi connectivity index (χ0) is 17.3. The first-order chi connectivity index (χ1) is 11.4. The van der Waals surface area contributed by atoms with Crippen LogP contribution in [0.25, 0.3) is 0 Å². The van der Waals surface area contributed by atoms with Crippen LogP contribution in [0.3, 0.4) is 0 Å². The highest BCUT2D eigenvalue weighted by molar-refractivity contribution is 6.30. The van der Waals surface area contributed by atoms with Gasteiger partial charge in [0.05, 0.1) is 0 Å². The smallest absolute Gasteiger partial charge is 0.255 e. The molecular formula is C18H26ClN3O2. The summed E-state index contributed by atoms with van der Waals surface area (Å²) in [5, 5.41) is 11.5. The lowest BCUT2D eigenvalue weighted by Crippen LogP contribution is -2.60. The van der Waals surface area contributed by atoms with E-state index in [2.05, 4.69) is 16.7 Å². The first-order valence-corrected chi connectivity index (χ1v) is 8.98. The van der Waals surface area contributed by atoms with Crippen LogP contribution in [-0.2, 0) is 4.79 Å². The van der Waals surface area contributed by atoms with Crippen LogP contribution in [0.2, 0.25) is 5.02 Å². The number of nitrogens with zero attached hydrogens (tertiary/aromatic N) is 3. The average molecular weight is 352 g/mol. The fourth-order valence-electron chi connectivity index (χ4n) is 3.76. The third-order valence-corrected chi connectivity index (χ3v) is 5.43. The van der Waals surface area contributed by atoms with Gasteiger partial charge in [-0.3, -0.25) is 9.69 Å². The molecule has 1 amide bonds. The molecule has 0 aromatic heterocycles. The lowest BCUT2D eigenvalue weighted by molar-refractivity contribution is -0.157. The molecular weight excluding hydrogens is 326 g/mol. The number of benzene rings is 1. The molecule has 2 aliphatic heterocycles. The van der Waals surface area contributed by atoms with Crippen molar-refractivity contribution >= 4 is 23.2 Å². The van der Waals surface area contributed by atoms with E-state index in [9.17, 15) is 9.90 Å². The van der Waals surface area contributed by atoms with Crippen molar-refractivity contribution in [3.8, 4) is 0 Å². The largest absolute Gasteiger partial charge is 0.379 e. The number of rotatable bonds is 3. The minimum atomic E-state index is -1.22. The van der Waals surface area contributed by atoms with Crippen LogP contribution >= 0.6 is 11.6 Å². The zero-order valence-corrected chi connectivity index (χ0v) is 15.2. The molecule has 0 bridgehead atoms. The molecule has 2 aliphatic rings. The van der Waals surface area contributed by atoms with E-state index in [1.54, 1.807) is 11.9 Å². The molecule has 1 aromatic carbocycles. The Bertz CT molecular complexity index is 616. The summed E-state index contributed by atoms with van der Waals surface area (Å²) in [6.07, 6.45) is 1.42. The molecule has 132 valence electrons. The summed E-state index contributed by atoms with van der Waals surface area (Å²) >= 11 is 6.13. The van der Waals surface area contributed by atoms with Gasteiger partial charge in [-0.05, 0) is 37.5 Å². The Morgan fingerprint density at radius 1 is 1.21 bits per heavy atom. The van der Waals surface area contributed by atoms with Gasteiger partial charge >= 0.3 is 0 Å². The zero-order valence-electron chi connectivity index (χ0n) is 14.5. The number of likely N-dealkylation sites (N-methyl/N-ethyl adjacent to an activating group) is 1. The van der Waals surface area contributed by atoms with Crippen LogP contribution < -0.4 is 4.90 Å². The van der Waals surface area contributed by atoms with Gasteiger partial charge < -0.3 is 14.9 Å². The van der Waals surface area contributed by atoms with E-state index in [4.69, 9.17) is 11.6 Å². The van der Waals surface area contributed by atoms with Crippen LogP contribution in [0.15, 0.2) is 18.2 Å². The maximum absolute atomic E-state index is 12.3. The van der Waals surface area contributed by atoms with E-state index in [0.717, 1.165) is 44.2 Å². The van der Waals surface area contributed by atoms with E-state index >= 15 is 0 Å². The van der Waals surface area contributed by atoms with Crippen molar-refractivity contribution in [2.75, 3.05) is 51.2 Å². The fraction of sp³-hybridized carbons (Fsp3) is 0.611. The standard InChI is InChI=1S/C18H26ClN3O2/c1-14-4-5-15(19)12-16(14)22-10-8-21(9-11-22)13-18(24)6-3-7-20(2)17(18)23/h4-5,12,24H,3,6-11,13H2,1-2H3. The molecule has 0 aliphatic carbocycles. The molecule has 1 N–H and O–H groups in total. The first kappa shape index (κ1) is 17.5. The topological polar surface area (TPSA) is 47.0 Å². The average Bonchev–Trinajstić information content (AvgIpc) is 2.56. The second kappa shape index (κ2) is 6.90. The Hall–Kier alpha value is -1.30. The lowest BCUT2D eigenvalue weighted by atomic mass is 9.91. The lowest BCUT2D eigenvalue weighted by Gasteiger charge is -2.42. The van der Waals surface area contributed by atoms with Crippen LogP contribution in [-0.4, -0.2) is 72.7 Å². The predicted octanol–water partition coefficient (Wildman–Crippen LogP) is 1.75. The molecule has 1 aromatic rings. The van der Waals surface area contributed by atoms with Crippen molar-refractivity contribution in [3.05, 3.63) is 28.8 Å². The van der Waals surface area contributed by atoms with Gasteiger partial charge in [0.25, 0.3) is 5.91 Å². The van der Waals surface area contributed by atoms with E-state index in [0.29, 0.717) is 13.0 Å². The third-order valence-electron chi connectivity index (χ3n) is 5.20. The molecule has 2 saturated heterocycles. The number of likely N-dealkylation sites (tertiary alicyclic amines) is 1. The monoisotopic (exact) mass is 351 g/mol. The summed E-state index contributed by atoms with van der Waals surface area (Å²) in [6, 6.07) is 5.97. The number of aliphatic hydroxyl groups is 1. The SMILES string of the molecule is Cc1ccc(Cl)cc1N1CCN(CC2(O)CCCN(C)C2=O)CC1. The number of anilines is 1. The molecule has 6 heteroatoms. The number of carbonyl (C=O) groups is 1. The maximum atomic E-state index is 12.3. The summed E-state index contributed by atoms with van der Waals surface area (Å²) in [6.45, 7) is 6.69. The van der Waals surface area contributed by atoms with Gasteiger partial charge in [0.2, 0.25) is 0 Å². The number of halogens is 1. The normalized spacial score (nSPS) is 26.1. The van der Waals surface area contributed by atoms with Crippen molar-refractivity contribution in [3.63, 3.8) is 0 Å². The van der Waals surface area contributed by atoms with Crippen molar-refractivity contribution in [1.29, 1.82) is 0 Å². The van der Waals surface area contributed by atoms with Crippen LogP contribution in [0.5, 0.6) is 0 Å². The number of β-amino-alcohol motifs (C(OH)–C–C–N with tert-alkyl or cyclic N) is 1. The quantitative estimate of drug-likeness (QED) is 0.901. The number of hydrogen-bond acceptors (Lipinski definition) is 4. The molecule has 2 heterocycles. The van der Waals surface area contributed by atoms with Gasteiger partial charge in [-0.1, -0.05) is 17.7 Å². The molecule has 3 rings (SSSR count). The molecule has 1 unspecified atom stereocenters. The Balaban J connectivity index is 1.61. The van der Waals surface area contributed by atoms with Gasteiger partial charge in [-0.2, -0.15) is 0 Å². The van der Waals surface area contributed by atoms with Crippen molar-refractivity contribution in [2.24, 2.45) is 0 Å². The highest BCUT2D eigenvalue weighted by Gasteiger charge is 2.42. The van der Waals surface area contributed by atoms with Gasteiger partial charge in [-0.15, -0.1) is 0 Å². The number of carbonyl (C=O) groups excluding carboxylic acids is 1. The molecule has 24 heavy (non-hydrogen) atoms. The number of aryl methyl sites for hydroxylation is 1. The first-order valence-electron chi connectivity index (χ1n) is 8.60. The second-order valence-electron chi connectivity index (χ2n) is 7.06. The summed E-state index contributed by atoms with van der Waals surface area (Å²) < 4.78 is 0. The van der Waals surface area contributed by atoms with Crippen molar-refractivity contribution in [2.45, 2.75) is 25.4 Å². The molecule has 2 fully saturated rings. The van der Waals surface area contributed by atoms with Crippen LogP contribution in [0.4, 0.5) is 5.69 Å². The molecule has 1 atom stereocenters. The summed E-state index contributed by atoms with van der Waals surface area (Å²) in [4.78, 5) is 18.5. The van der Waals surface area contributed by atoms with Crippen LogP contribution in [0.1, 0.15) is 18.4 Å². The van der Waals surface area contributed by atoms with E-state index in [1.807, 2.05) is 18.2 Å². The van der Waals surface area contributed by atoms with Gasteiger partial charge in [0.15, 0.2) is 5.60 Å². The maximum Gasteiger partial charge on any atom is 0.255 e. The Labute approximate surface area is 148 Å². The molecule has 0 radical (unpaired) electrons. The predicted molar refractivity (Wildman–Crippen MR) is 96.7 cm³/mol. The third kappa shape index (κ3) is 3.53. The fourth-order valence-corrected chi connectivity index (χ4v) is 3.93. The second-order valence-corrected chi connectivity index (χ2v) is 7.49. The summed E-state index contributed by atoms with van der Waals surface area (Å²) in [5.41, 5.74) is 1.17. The van der Waals surface area contributed by atoms with E-state index in [1.165, 1.54) is 11.3 Å².